The monoisotopic (exact) mass is 453 g/mol. The molecule has 0 atom stereocenters. The number of methoxy groups -OCH3 is 1. The highest BCUT2D eigenvalue weighted by Crippen LogP contribution is 2.31. The lowest BCUT2D eigenvalue weighted by atomic mass is 9.96. The summed E-state index contributed by atoms with van der Waals surface area (Å²) in [4.78, 5) is 15.0. The number of rotatable bonds is 7. The molecule has 4 rings (SSSR count). The molecule has 1 N–H and O–H groups in total. The number of likely N-dealkylation sites (tertiary alicyclic amines) is 1. The van der Waals surface area contributed by atoms with Crippen molar-refractivity contribution in [3.63, 3.8) is 0 Å². The first kappa shape index (κ1) is 22.4. The lowest BCUT2D eigenvalue weighted by Gasteiger charge is -2.32. The Balaban J connectivity index is 1.37. The van der Waals surface area contributed by atoms with Crippen molar-refractivity contribution in [3.8, 4) is 11.3 Å². The first-order valence-corrected chi connectivity index (χ1v) is 11.3. The lowest BCUT2D eigenvalue weighted by Crippen LogP contribution is -2.35. The number of ether oxygens (including phenoxy) is 1. The van der Waals surface area contributed by atoms with E-state index in [1.165, 1.54) is 18.2 Å². The molecule has 2 heterocycles. The summed E-state index contributed by atoms with van der Waals surface area (Å²) in [5.41, 5.74) is 4.17. The first-order chi connectivity index (χ1) is 15.5. The van der Waals surface area contributed by atoms with E-state index in [4.69, 9.17) is 20.9 Å². The summed E-state index contributed by atoms with van der Waals surface area (Å²) in [7, 11) is 1.36. The van der Waals surface area contributed by atoms with Crippen molar-refractivity contribution < 1.29 is 14.1 Å². The number of piperidine rings is 1. The van der Waals surface area contributed by atoms with Crippen molar-refractivity contribution in [1.82, 2.24) is 10.1 Å². The van der Waals surface area contributed by atoms with E-state index in [2.05, 4.69) is 46.6 Å². The number of hydrogen-bond acceptors (Lipinski definition) is 6. The van der Waals surface area contributed by atoms with E-state index in [1.54, 1.807) is 24.3 Å². The Bertz CT molecular complexity index is 1060. The molecule has 0 saturated carbocycles. The van der Waals surface area contributed by atoms with Gasteiger partial charge in [0.1, 0.15) is 5.69 Å². The van der Waals surface area contributed by atoms with Crippen LogP contribution in [0.2, 0.25) is 5.02 Å². The van der Waals surface area contributed by atoms with Gasteiger partial charge in [0.05, 0.1) is 7.11 Å². The van der Waals surface area contributed by atoms with E-state index >= 15 is 0 Å². The van der Waals surface area contributed by atoms with Gasteiger partial charge in [0.2, 0.25) is 5.88 Å². The third-order valence-electron chi connectivity index (χ3n) is 5.95. The molecule has 0 aliphatic carbocycles. The summed E-state index contributed by atoms with van der Waals surface area (Å²) in [6.07, 6.45) is 2.18. The second kappa shape index (κ2) is 10.2. The van der Waals surface area contributed by atoms with Crippen LogP contribution >= 0.6 is 11.6 Å². The van der Waals surface area contributed by atoms with Crippen LogP contribution in [0.1, 0.15) is 34.3 Å². The second-order valence-corrected chi connectivity index (χ2v) is 8.76. The van der Waals surface area contributed by atoms with Gasteiger partial charge in [-0.2, -0.15) is 0 Å². The average Bonchev–Trinajstić information content (AvgIpc) is 3.22. The molecule has 6 nitrogen and oxygen atoms in total. The van der Waals surface area contributed by atoms with Gasteiger partial charge >= 0.3 is 5.97 Å². The zero-order valence-corrected chi connectivity index (χ0v) is 19.2. The average molecular weight is 454 g/mol. The maximum absolute atomic E-state index is 12.5. The number of benzene rings is 2. The van der Waals surface area contributed by atoms with Crippen LogP contribution in [-0.2, 0) is 11.3 Å². The minimum absolute atomic E-state index is 0.312. The van der Waals surface area contributed by atoms with Crippen molar-refractivity contribution >= 4 is 23.5 Å². The molecule has 1 saturated heterocycles. The number of hydrogen-bond donors (Lipinski definition) is 1. The molecule has 32 heavy (non-hydrogen) atoms. The molecule has 0 radical (unpaired) electrons. The number of carbonyl (C=O) groups excluding carboxylic acids is 1. The second-order valence-electron chi connectivity index (χ2n) is 8.32. The Morgan fingerprint density at radius 1 is 1.22 bits per heavy atom. The number of aromatic nitrogens is 1. The van der Waals surface area contributed by atoms with Crippen LogP contribution in [0.3, 0.4) is 0 Å². The number of anilines is 1. The minimum atomic E-state index is -0.480. The largest absolute Gasteiger partial charge is 0.465 e. The van der Waals surface area contributed by atoms with Crippen molar-refractivity contribution in [3.05, 3.63) is 70.2 Å². The Hall–Kier alpha value is -2.83. The first-order valence-electron chi connectivity index (χ1n) is 10.9. The van der Waals surface area contributed by atoms with Crippen molar-refractivity contribution in [1.29, 1.82) is 0 Å². The maximum atomic E-state index is 12.5. The van der Waals surface area contributed by atoms with Gasteiger partial charge in [-0.15, -0.1) is 0 Å². The number of nitrogens with zero attached hydrogens (tertiary/aromatic N) is 2. The number of esters is 1. The minimum Gasteiger partial charge on any atom is -0.465 e. The summed E-state index contributed by atoms with van der Waals surface area (Å²) in [6.45, 7) is 5.94. The van der Waals surface area contributed by atoms with Crippen molar-refractivity contribution in [2.45, 2.75) is 26.3 Å². The summed E-state index contributed by atoms with van der Waals surface area (Å²) >= 11 is 5.98. The highest BCUT2D eigenvalue weighted by atomic mass is 35.5. The van der Waals surface area contributed by atoms with Crippen LogP contribution in [0.4, 0.5) is 5.88 Å². The molecule has 0 spiro atoms. The number of carbonyl (C=O) groups is 1. The Labute approximate surface area is 193 Å². The van der Waals surface area contributed by atoms with Crippen LogP contribution in [0.25, 0.3) is 11.3 Å². The molecule has 0 unspecified atom stereocenters. The molecule has 7 heteroatoms. The van der Waals surface area contributed by atoms with Gasteiger partial charge in [-0.3, -0.25) is 4.90 Å². The van der Waals surface area contributed by atoms with Gasteiger partial charge in [-0.05, 0) is 56.5 Å². The van der Waals surface area contributed by atoms with Gasteiger partial charge in [0, 0.05) is 23.7 Å². The quantitative estimate of drug-likeness (QED) is 0.482. The molecular formula is C25H28ClN3O3. The molecule has 1 aromatic heterocycles. The topological polar surface area (TPSA) is 67.6 Å². The van der Waals surface area contributed by atoms with Gasteiger partial charge < -0.3 is 14.6 Å². The Morgan fingerprint density at radius 2 is 1.97 bits per heavy atom. The van der Waals surface area contributed by atoms with Crippen LogP contribution in [0, 0.1) is 12.8 Å². The van der Waals surface area contributed by atoms with E-state index < -0.39 is 5.97 Å². The molecule has 168 valence electrons. The predicted octanol–water partition coefficient (Wildman–Crippen LogP) is 5.41. The van der Waals surface area contributed by atoms with Crippen LogP contribution < -0.4 is 5.32 Å². The van der Waals surface area contributed by atoms with E-state index in [0.717, 1.165) is 44.6 Å². The summed E-state index contributed by atoms with van der Waals surface area (Å²) in [6, 6.07) is 15.8. The Kier molecular flexibility index (Phi) is 7.12. The van der Waals surface area contributed by atoms with Crippen molar-refractivity contribution in [2.24, 2.45) is 5.92 Å². The molecule has 2 aromatic carbocycles. The lowest BCUT2D eigenvalue weighted by molar-refractivity contribution is 0.0602. The maximum Gasteiger partial charge on any atom is 0.345 e. The van der Waals surface area contributed by atoms with Gasteiger partial charge in [-0.25, -0.2) is 4.79 Å². The third-order valence-corrected chi connectivity index (χ3v) is 6.20. The fourth-order valence-electron chi connectivity index (χ4n) is 4.16. The third kappa shape index (κ3) is 5.31. The SMILES string of the molecule is COC(=O)c1c(-c2ccc(Cl)cc2)noc1NCC1CCN(Cc2cccc(C)c2)CC1. The summed E-state index contributed by atoms with van der Waals surface area (Å²) in [5, 5.41) is 8.04. The zero-order valence-electron chi connectivity index (χ0n) is 18.4. The summed E-state index contributed by atoms with van der Waals surface area (Å²) in [5.74, 6) is 0.369. The fourth-order valence-corrected chi connectivity index (χ4v) is 4.29. The highest BCUT2D eigenvalue weighted by Gasteiger charge is 2.26. The number of halogens is 1. The van der Waals surface area contributed by atoms with E-state index in [0.29, 0.717) is 28.1 Å². The normalized spacial score (nSPS) is 15.0. The number of aryl methyl sites for hydroxylation is 1. The Morgan fingerprint density at radius 3 is 2.66 bits per heavy atom. The van der Waals surface area contributed by atoms with Gasteiger partial charge in [0.25, 0.3) is 0 Å². The highest BCUT2D eigenvalue weighted by molar-refractivity contribution is 6.30. The van der Waals surface area contributed by atoms with E-state index in [9.17, 15) is 4.79 Å². The van der Waals surface area contributed by atoms with Crippen LogP contribution in [0.15, 0.2) is 53.1 Å². The molecular weight excluding hydrogens is 426 g/mol. The van der Waals surface area contributed by atoms with Crippen LogP contribution in [-0.4, -0.2) is 42.8 Å². The smallest absolute Gasteiger partial charge is 0.345 e. The van der Waals surface area contributed by atoms with E-state index in [1.807, 2.05) is 0 Å². The predicted molar refractivity (Wildman–Crippen MR) is 126 cm³/mol. The molecule has 1 aliphatic heterocycles. The summed E-state index contributed by atoms with van der Waals surface area (Å²) < 4.78 is 10.5. The molecule has 1 fully saturated rings. The van der Waals surface area contributed by atoms with E-state index in [-0.39, 0.29) is 0 Å². The molecule has 1 aliphatic rings. The fraction of sp³-hybridized carbons (Fsp3) is 0.360. The molecule has 0 bridgehead atoms. The molecule has 3 aromatic rings. The van der Waals surface area contributed by atoms with Gasteiger partial charge in [-0.1, -0.05) is 58.7 Å². The zero-order chi connectivity index (χ0) is 22.5. The van der Waals surface area contributed by atoms with Crippen LogP contribution in [0.5, 0.6) is 0 Å². The standard InChI is InChI=1S/C25H28ClN3O3/c1-17-4-3-5-19(14-17)16-29-12-10-18(11-13-29)15-27-24-22(25(30)31-2)23(28-32-24)20-6-8-21(26)9-7-20/h3-9,14,18,27H,10-13,15-16H2,1-2H3. The van der Waals surface area contributed by atoms with Gasteiger partial charge in [0.15, 0.2) is 5.56 Å². The molecule has 0 amide bonds. The van der Waals surface area contributed by atoms with Crippen molar-refractivity contribution in [2.75, 3.05) is 32.1 Å². The number of nitrogens with one attached hydrogen (secondary N) is 1.